The van der Waals surface area contributed by atoms with Gasteiger partial charge in [-0.05, 0) is 43.9 Å². The van der Waals surface area contributed by atoms with Gasteiger partial charge >= 0.3 is 0 Å². The SMILES string of the molecule is CNC1CCC(C)(C)CC1Oc1cccc(F)c1. The number of hydrogen-bond acceptors (Lipinski definition) is 2. The van der Waals surface area contributed by atoms with Gasteiger partial charge in [0, 0.05) is 12.1 Å². The molecule has 1 aromatic carbocycles. The molecule has 2 unspecified atom stereocenters. The van der Waals surface area contributed by atoms with Crippen LogP contribution in [-0.2, 0) is 0 Å². The summed E-state index contributed by atoms with van der Waals surface area (Å²) >= 11 is 0. The summed E-state index contributed by atoms with van der Waals surface area (Å²) in [6, 6.07) is 6.74. The fourth-order valence-electron chi connectivity index (χ4n) is 2.69. The van der Waals surface area contributed by atoms with Gasteiger partial charge in [-0.1, -0.05) is 19.9 Å². The summed E-state index contributed by atoms with van der Waals surface area (Å²) in [5.41, 5.74) is 0.297. The topological polar surface area (TPSA) is 21.3 Å². The maximum atomic E-state index is 13.2. The Balaban J connectivity index is 2.09. The van der Waals surface area contributed by atoms with E-state index in [0.717, 1.165) is 12.8 Å². The first-order chi connectivity index (χ1) is 8.50. The van der Waals surface area contributed by atoms with Crippen molar-refractivity contribution in [3.05, 3.63) is 30.1 Å². The Morgan fingerprint density at radius 2 is 2.17 bits per heavy atom. The molecule has 100 valence electrons. The summed E-state index contributed by atoms with van der Waals surface area (Å²) in [5.74, 6) is 0.376. The average molecular weight is 251 g/mol. The van der Waals surface area contributed by atoms with E-state index in [9.17, 15) is 4.39 Å². The van der Waals surface area contributed by atoms with Crippen molar-refractivity contribution in [3.8, 4) is 5.75 Å². The lowest BCUT2D eigenvalue weighted by atomic mass is 9.74. The van der Waals surface area contributed by atoms with Gasteiger partial charge in [0.15, 0.2) is 0 Å². The van der Waals surface area contributed by atoms with Crippen LogP contribution >= 0.6 is 0 Å². The molecule has 2 nitrogen and oxygen atoms in total. The van der Waals surface area contributed by atoms with Crippen molar-refractivity contribution in [1.29, 1.82) is 0 Å². The highest BCUT2D eigenvalue weighted by Crippen LogP contribution is 2.37. The van der Waals surface area contributed by atoms with Crippen LogP contribution < -0.4 is 10.1 Å². The van der Waals surface area contributed by atoms with Crippen LogP contribution in [0.1, 0.15) is 33.1 Å². The Labute approximate surface area is 109 Å². The second-order valence-corrected chi connectivity index (χ2v) is 5.92. The zero-order valence-corrected chi connectivity index (χ0v) is 11.4. The Hall–Kier alpha value is -1.09. The van der Waals surface area contributed by atoms with Crippen LogP contribution in [0.15, 0.2) is 24.3 Å². The predicted molar refractivity (Wildman–Crippen MR) is 71.3 cm³/mol. The normalized spacial score (nSPS) is 26.9. The average Bonchev–Trinajstić information content (AvgIpc) is 2.28. The molecule has 0 amide bonds. The summed E-state index contributed by atoms with van der Waals surface area (Å²) in [5, 5.41) is 3.31. The van der Waals surface area contributed by atoms with E-state index in [1.54, 1.807) is 6.07 Å². The van der Waals surface area contributed by atoms with E-state index in [4.69, 9.17) is 4.74 Å². The van der Waals surface area contributed by atoms with E-state index in [0.29, 0.717) is 17.2 Å². The molecule has 0 radical (unpaired) electrons. The first-order valence-corrected chi connectivity index (χ1v) is 6.60. The van der Waals surface area contributed by atoms with Gasteiger partial charge in [-0.2, -0.15) is 0 Å². The van der Waals surface area contributed by atoms with E-state index < -0.39 is 0 Å². The van der Waals surface area contributed by atoms with E-state index in [1.165, 1.54) is 18.6 Å². The molecule has 0 bridgehead atoms. The molecular formula is C15H22FNO. The Morgan fingerprint density at radius 1 is 1.39 bits per heavy atom. The van der Waals surface area contributed by atoms with Crippen LogP contribution in [0.4, 0.5) is 4.39 Å². The first kappa shape index (κ1) is 13.3. The number of ether oxygens (including phenoxy) is 1. The van der Waals surface area contributed by atoms with Gasteiger partial charge in [0.25, 0.3) is 0 Å². The molecule has 1 fully saturated rings. The van der Waals surface area contributed by atoms with Gasteiger partial charge in [-0.25, -0.2) is 4.39 Å². The summed E-state index contributed by atoms with van der Waals surface area (Å²) in [6.45, 7) is 4.53. The minimum atomic E-state index is -0.247. The third-order valence-electron chi connectivity index (χ3n) is 3.79. The fourth-order valence-corrected chi connectivity index (χ4v) is 2.69. The quantitative estimate of drug-likeness (QED) is 0.889. The lowest BCUT2D eigenvalue weighted by Crippen LogP contribution is -2.47. The Kier molecular flexibility index (Phi) is 3.91. The van der Waals surface area contributed by atoms with Gasteiger partial charge < -0.3 is 10.1 Å². The van der Waals surface area contributed by atoms with Crippen molar-refractivity contribution in [2.45, 2.75) is 45.3 Å². The minimum Gasteiger partial charge on any atom is -0.489 e. The van der Waals surface area contributed by atoms with Gasteiger partial charge in [-0.15, -0.1) is 0 Å². The van der Waals surface area contributed by atoms with E-state index in [1.807, 2.05) is 13.1 Å². The zero-order valence-electron chi connectivity index (χ0n) is 11.4. The van der Waals surface area contributed by atoms with Crippen molar-refractivity contribution in [3.63, 3.8) is 0 Å². The van der Waals surface area contributed by atoms with E-state index in [2.05, 4.69) is 19.2 Å². The molecule has 1 aliphatic rings. The lowest BCUT2D eigenvalue weighted by molar-refractivity contribution is 0.0557. The van der Waals surface area contributed by atoms with Crippen molar-refractivity contribution >= 4 is 0 Å². The standard InChI is InChI=1S/C15H22FNO/c1-15(2)8-7-13(17-3)14(10-15)18-12-6-4-5-11(16)9-12/h4-6,9,13-14,17H,7-8,10H2,1-3H3. The van der Waals surface area contributed by atoms with Gasteiger partial charge in [0.2, 0.25) is 0 Å². The highest BCUT2D eigenvalue weighted by Gasteiger charge is 2.35. The fraction of sp³-hybridized carbons (Fsp3) is 0.600. The molecule has 18 heavy (non-hydrogen) atoms. The lowest BCUT2D eigenvalue weighted by Gasteiger charge is -2.40. The Morgan fingerprint density at radius 3 is 2.83 bits per heavy atom. The van der Waals surface area contributed by atoms with Crippen molar-refractivity contribution in [1.82, 2.24) is 5.32 Å². The predicted octanol–water partition coefficient (Wildman–Crippen LogP) is 3.37. The third-order valence-corrected chi connectivity index (χ3v) is 3.79. The second kappa shape index (κ2) is 5.27. The number of halogens is 1. The Bertz CT molecular complexity index is 405. The van der Waals surface area contributed by atoms with Crippen LogP contribution in [0.5, 0.6) is 5.75 Å². The molecule has 2 atom stereocenters. The maximum Gasteiger partial charge on any atom is 0.126 e. The molecule has 1 aliphatic carbocycles. The van der Waals surface area contributed by atoms with Crippen LogP contribution in [-0.4, -0.2) is 19.2 Å². The monoisotopic (exact) mass is 251 g/mol. The maximum absolute atomic E-state index is 13.2. The van der Waals surface area contributed by atoms with Crippen molar-refractivity contribution in [2.75, 3.05) is 7.05 Å². The highest BCUT2D eigenvalue weighted by atomic mass is 19.1. The number of benzene rings is 1. The molecule has 0 spiro atoms. The first-order valence-electron chi connectivity index (χ1n) is 6.60. The second-order valence-electron chi connectivity index (χ2n) is 5.92. The van der Waals surface area contributed by atoms with Gasteiger partial charge in [0.1, 0.15) is 17.7 Å². The molecule has 1 aromatic rings. The van der Waals surface area contributed by atoms with Gasteiger partial charge in [0.05, 0.1) is 0 Å². The summed E-state index contributed by atoms with van der Waals surface area (Å²) in [6.07, 6.45) is 3.40. The van der Waals surface area contributed by atoms with Crippen molar-refractivity contribution < 1.29 is 9.13 Å². The molecule has 2 rings (SSSR count). The molecule has 0 aliphatic heterocycles. The molecule has 0 heterocycles. The van der Waals surface area contributed by atoms with Gasteiger partial charge in [-0.3, -0.25) is 0 Å². The molecule has 0 aromatic heterocycles. The number of rotatable bonds is 3. The molecule has 1 N–H and O–H groups in total. The highest BCUT2D eigenvalue weighted by molar-refractivity contribution is 5.23. The molecule has 0 saturated heterocycles. The van der Waals surface area contributed by atoms with Crippen LogP contribution in [0.25, 0.3) is 0 Å². The molecule has 3 heteroatoms. The smallest absolute Gasteiger partial charge is 0.126 e. The van der Waals surface area contributed by atoms with E-state index >= 15 is 0 Å². The van der Waals surface area contributed by atoms with Crippen LogP contribution in [0.2, 0.25) is 0 Å². The van der Waals surface area contributed by atoms with Crippen molar-refractivity contribution in [2.24, 2.45) is 5.41 Å². The van der Waals surface area contributed by atoms with Crippen LogP contribution in [0, 0.1) is 11.2 Å². The van der Waals surface area contributed by atoms with Crippen LogP contribution in [0.3, 0.4) is 0 Å². The number of nitrogens with one attached hydrogen (secondary N) is 1. The molecular weight excluding hydrogens is 229 g/mol. The summed E-state index contributed by atoms with van der Waals surface area (Å²) < 4.78 is 19.1. The zero-order chi connectivity index (χ0) is 13.2. The molecule has 1 saturated carbocycles. The third kappa shape index (κ3) is 3.22. The summed E-state index contributed by atoms with van der Waals surface area (Å²) in [7, 11) is 1.96. The number of likely N-dealkylation sites (N-methyl/N-ethyl adjacent to an activating group) is 1. The minimum absolute atomic E-state index is 0.112. The largest absolute Gasteiger partial charge is 0.489 e. The summed E-state index contributed by atoms with van der Waals surface area (Å²) in [4.78, 5) is 0. The number of hydrogen-bond donors (Lipinski definition) is 1. The van der Waals surface area contributed by atoms with E-state index in [-0.39, 0.29) is 11.9 Å².